The van der Waals surface area contributed by atoms with E-state index in [0.717, 1.165) is 37.9 Å². The van der Waals surface area contributed by atoms with E-state index in [-0.39, 0.29) is 29.5 Å². The van der Waals surface area contributed by atoms with Gasteiger partial charge >= 0.3 is 0 Å². The van der Waals surface area contributed by atoms with Crippen LogP contribution in [0.4, 0.5) is 0 Å². The van der Waals surface area contributed by atoms with E-state index in [1.165, 1.54) is 0 Å². The Morgan fingerprint density at radius 2 is 1.84 bits per heavy atom. The number of amides is 1. The molecule has 7 heteroatoms. The number of nitrogens with zero attached hydrogens (tertiary/aromatic N) is 1. The fourth-order valence-electron chi connectivity index (χ4n) is 3.73. The number of methoxy groups -OCH3 is 1. The lowest BCUT2D eigenvalue weighted by Crippen LogP contribution is -2.39. The van der Waals surface area contributed by atoms with Crippen LogP contribution in [0, 0.1) is 6.92 Å². The Hall–Kier alpha value is -2.99. The van der Waals surface area contributed by atoms with Crippen molar-refractivity contribution in [2.75, 3.05) is 26.8 Å². The van der Waals surface area contributed by atoms with Crippen molar-refractivity contribution in [1.29, 1.82) is 0 Å². The van der Waals surface area contributed by atoms with E-state index >= 15 is 0 Å². The van der Waals surface area contributed by atoms with Gasteiger partial charge in [0, 0.05) is 23.7 Å². The van der Waals surface area contributed by atoms with Crippen LogP contribution in [0.25, 0.3) is 22.3 Å². The third-order valence-corrected chi connectivity index (χ3v) is 5.94. The molecule has 4 rings (SSSR count). The number of aryl methyl sites for hydroxylation is 1. The van der Waals surface area contributed by atoms with Crippen LogP contribution in [-0.2, 0) is 4.79 Å². The van der Waals surface area contributed by atoms with Gasteiger partial charge in [0.1, 0.15) is 11.3 Å². The Balaban J connectivity index is 1.76. The summed E-state index contributed by atoms with van der Waals surface area (Å²) in [4.78, 5) is 27.7. The standard InChI is InChI=1S/C24H24ClNO5/c1-15-12-20-18(13-19(15)25)22(28)24(30-14-21(27)26-10-4-3-5-11-26)23(31-20)16-6-8-17(29-2)9-7-16/h6-9,12-13H,3-5,10-11,14H2,1-2H3. The lowest BCUT2D eigenvalue weighted by molar-refractivity contribution is -0.134. The molecule has 6 nitrogen and oxygen atoms in total. The number of fused-ring (bicyclic) bond motifs is 1. The number of likely N-dealkylation sites (tertiary alicyclic amines) is 1. The van der Waals surface area contributed by atoms with Gasteiger partial charge in [-0.15, -0.1) is 0 Å². The van der Waals surface area contributed by atoms with Crippen molar-refractivity contribution in [3.05, 3.63) is 57.2 Å². The smallest absolute Gasteiger partial charge is 0.260 e. The maximum Gasteiger partial charge on any atom is 0.260 e. The summed E-state index contributed by atoms with van der Waals surface area (Å²) in [5.41, 5.74) is 1.49. The quantitative estimate of drug-likeness (QED) is 0.567. The summed E-state index contributed by atoms with van der Waals surface area (Å²) in [6.07, 6.45) is 3.10. The minimum absolute atomic E-state index is 0.00273. The lowest BCUT2D eigenvalue weighted by atomic mass is 10.1. The Morgan fingerprint density at radius 3 is 2.52 bits per heavy atom. The molecule has 0 bridgehead atoms. The summed E-state index contributed by atoms with van der Waals surface area (Å²) in [5.74, 6) is 0.815. The van der Waals surface area contributed by atoms with Crippen LogP contribution >= 0.6 is 11.6 Å². The van der Waals surface area contributed by atoms with Crippen molar-refractivity contribution in [1.82, 2.24) is 4.90 Å². The Bertz CT molecular complexity index is 1160. The number of hydrogen-bond acceptors (Lipinski definition) is 5. The maximum absolute atomic E-state index is 13.3. The van der Waals surface area contributed by atoms with Crippen LogP contribution in [0.15, 0.2) is 45.6 Å². The molecule has 1 aliphatic heterocycles. The fourth-order valence-corrected chi connectivity index (χ4v) is 3.89. The lowest BCUT2D eigenvalue weighted by Gasteiger charge is -2.26. The zero-order valence-electron chi connectivity index (χ0n) is 17.6. The van der Waals surface area contributed by atoms with Crippen molar-refractivity contribution < 1.29 is 18.7 Å². The van der Waals surface area contributed by atoms with Crippen molar-refractivity contribution in [2.24, 2.45) is 0 Å². The highest BCUT2D eigenvalue weighted by molar-refractivity contribution is 6.32. The number of piperidine rings is 1. The SMILES string of the molecule is COc1ccc(-c2oc3cc(C)c(Cl)cc3c(=O)c2OCC(=O)N2CCCCC2)cc1. The van der Waals surface area contributed by atoms with E-state index in [1.807, 2.05) is 6.92 Å². The first kappa shape index (κ1) is 21.2. The number of carbonyl (C=O) groups excluding carboxylic acids is 1. The van der Waals surface area contributed by atoms with Gasteiger partial charge in [-0.2, -0.15) is 0 Å². The Labute approximate surface area is 185 Å². The summed E-state index contributed by atoms with van der Waals surface area (Å²) in [6.45, 7) is 3.05. The second kappa shape index (κ2) is 9.02. The van der Waals surface area contributed by atoms with Crippen LogP contribution in [0.5, 0.6) is 11.5 Å². The van der Waals surface area contributed by atoms with Crippen LogP contribution in [0.2, 0.25) is 5.02 Å². The van der Waals surface area contributed by atoms with Gasteiger partial charge in [-0.05, 0) is 68.1 Å². The van der Waals surface area contributed by atoms with E-state index in [4.69, 9.17) is 25.5 Å². The molecule has 0 unspecified atom stereocenters. The Kier molecular flexibility index (Phi) is 6.18. The molecule has 1 aliphatic rings. The fraction of sp³-hybridized carbons (Fsp3) is 0.333. The molecule has 0 aliphatic carbocycles. The van der Waals surface area contributed by atoms with E-state index in [2.05, 4.69) is 0 Å². The molecule has 1 saturated heterocycles. The van der Waals surface area contributed by atoms with Crippen molar-refractivity contribution in [3.8, 4) is 22.8 Å². The minimum Gasteiger partial charge on any atom is -0.497 e. The molecule has 2 heterocycles. The topological polar surface area (TPSA) is 69.0 Å². The summed E-state index contributed by atoms with van der Waals surface area (Å²) in [6, 6.07) is 10.4. The highest BCUT2D eigenvalue weighted by atomic mass is 35.5. The van der Waals surface area contributed by atoms with Gasteiger partial charge in [0.25, 0.3) is 5.91 Å². The first-order valence-corrected chi connectivity index (χ1v) is 10.7. The average Bonchev–Trinajstić information content (AvgIpc) is 2.80. The molecule has 1 amide bonds. The molecule has 1 aromatic heterocycles. The van der Waals surface area contributed by atoms with Crippen molar-refractivity contribution in [2.45, 2.75) is 26.2 Å². The van der Waals surface area contributed by atoms with Gasteiger partial charge in [0.2, 0.25) is 11.2 Å². The van der Waals surface area contributed by atoms with Crippen LogP contribution in [0.1, 0.15) is 24.8 Å². The van der Waals surface area contributed by atoms with Gasteiger partial charge in [-0.25, -0.2) is 0 Å². The van der Waals surface area contributed by atoms with Crippen LogP contribution < -0.4 is 14.9 Å². The zero-order valence-corrected chi connectivity index (χ0v) is 18.3. The number of rotatable bonds is 5. The van der Waals surface area contributed by atoms with Gasteiger partial charge < -0.3 is 18.8 Å². The van der Waals surface area contributed by atoms with Crippen molar-refractivity contribution in [3.63, 3.8) is 0 Å². The summed E-state index contributed by atoms with van der Waals surface area (Å²) < 4.78 is 17.1. The average molecular weight is 442 g/mol. The van der Waals surface area contributed by atoms with Crippen molar-refractivity contribution >= 4 is 28.5 Å². The molecule has 0 spiro atoms. The number of ether oxygens (including phenoxy) is 2. The van der Waals surface area contributed by atoms with Crippen LogP contribution in [0.3, 0.4) is 0 Å². The van der Waals surface area contributed by atoms with Crippen LogP contribution in [-0.4, -0.2) is 37.6 Å². The number of hydrogen-bond donors (Lipinski definition) is 0. The molecule has 0 saturated carbocycles. The van der Waals surface area contributed by atoms with Gasteiger partial charge in [-0.1, -0.05) is 11.6 Å². The second-order valence-electron chi connectivity index (χ2n) is 7.65. The Morgan fingerprint density at radius 1 is 1.13 bits per heavy atom. The largest absolute Gasteiger partial charge is 0.497 e. The summed E-state index contributed by atoms with van der Waals surface area (Å²) >= 11 is 6.24. The van der Waals surface area contributed by atoms with E-state index in [0.29, 0.717) is 27.3 Å². The predicted octanol–water partition coefficient (Wildman–Crippen LogP) is 4.82. The molecule has 0 N–H and O–H groups in total. The molecule has 0 atom stereocenters. The first-order valence-electron chi connectivity index (χ1n) is 10.3. The minimum atomic E-state index is -0.361. The third-order valence-electron chi connectivity index (χ3n) is 5.53. The molecule has 0 radical (unpaired) electrons. The third kappa shape index (κ3) is 4.39. The van der Waals surface area contributed by atoms with E-state index in [1.54, 1.807) is 48.4 Å². The van der Waals surface area contributed by atoms with Gasteiger partial charge in [0.15, 0.2) is 12.4 Å². The highest BCUT2D eigenvalue weighted by Crippen LogP contribution is 2.33. The zero-order chi connectivity index (χ0) is 22.0. The molecule has 2 aromatic carbocycles. The molecular formula is C24H24ClNO5. The number of halogens is 1. The summed E-state index contributed by atoms with van der Waals surface area (Å²) in [5, 5.41) is 0.778. The number of carbonyl (C=O) groups is 1. The number of benzene rings is 2. The maximum atomic E-state index is 13.3. The second-order valence-corrected chi connectivity index (χ2v) is 8.05. The van der Waals surface area contributed by atoms with E-state index in [9.17, 15) is 9.59 Å². The molecule has 162 valence electrons. The first-order chi connectivity index (χ1) is 15.0. The normalized spacial score (nSPS) is 14.0. The monoisotopic (exact) mass is 441 g/mol. The molecular weight excluding hydrogens is 418 g/mol. The molecule has 31 heavy (non-hydrogen) atoms. The highest BCUT2D eigenvalue weighted by Gasteiger charge is 2.22. The summed E-state index contributed by atoms with van der Waals surface area (Å²) in [7, 11) is 1.58. The molecule has 3 aromatic rings. The van der Waals surface area contributed by atoms with Gasteiger partial charge in [0.05, 0.1) is 12.5 Å². The van der Waals surface area contributed by atoms with Gasteiger partial charge in [-0.3, -0.25) is 9.59 Å². The van der Waals surface area contributed by atoms with E-state index < -0.39 is 0 Å². The molecule has 1 fully saturated rings. The predicted molar refractivity (Wildman–Crippen MR) is 120 cm³/mol.